The van der Waals surface area contributed by atoms with Crippen LogP contribution in [0, 0.1) is 6.92 Å². The molecule has 2 aromatic rings. The van der Waals surface area contributed by atoms with Crippen molar-refractivity contribution in [3.05, 3.63) is 59.2 Å². The zero-order chi connectivity index (χ0) is 14.5. The number of hydrogen-bond acceptors (Lipinski definition) is 3. The van der Waals surface area contributed by atoms with Gasteiger partial charge in [0.1, 0.15) is 6.61 Å². The zero-order valence-corrected chi connectivity index (χ0v) is 11.6. The highest BCUT2D eigenvalue weighted by atomic mass is 16.5. The Bertz CT molecular complexity index is 623. The zero-order valence-electron chi connectivity index (χ0n) is 11.6. The molecule has 0 unspecified atom stereocenters. The van der Waals surface area contributed by atoms with E-state index < -0.39 is 5.91 Å². The second-order valence-corrected chi connectivity index (χ2v) is 4.42. The predicted molar refractivity (Wildman–Crippen MR) is 77.0 cm³/mol. The highest BCUT2D eigenvalue weighted by molar-refractivity contribution is 5.96. The average molecular weight is 271 g/mol. The second-order valence-electron chi connectivity index (χ2n) is 4.42. The molecule has 104 valence electrons. The van der Waals surface area contributed by atoms with Crippen molar-refractivity contribution in [2.24, 2.45) is 5.73 Å². The average Bonchev–Trinajstić information content (AvgIpc) is 2.46. The van der Waals surface area contributed by atoms with Gasteiger partial charge in [-0.15, -0.1) is 0 Å². The van der Waals surface area contributed by atoms with E-state index >= 15 is 0 Å². The van der Waals surface area contributed by atoms with Crippen LogP contribution in [0.25, 0.3) is 0 Å². The van der Waals surface area contributed by atoms with Gasteiger partial charge in [-0.1, -0.05) is 30.3 Å². The van der Waals surface area contributed by atoms with Crippen LogP contribution in [-0.4, -0.2) is 13.0 Å². The van der Waals surface area contributed by atoms with Gasteiger partial charge in [0.05, 0.1) is 12.7 Å². The molecular formula is C16H17NO3. The minimum absolute atomic E-state index is 0.318. The van der Waals surface area contributed by atoms with Gasteiger partial charge in [0, 0.05) is 0 Å². The van der Waals surface area contributed by atoms with E-state index in [0.29, 0.717) is 23.7 Å². The van der Waals surface area contributed by atoms with Crippen LogP contribution in [0.3, 0.4) is 0 Å². The van der Waals surface area contributed by atoms with Crippen molar-refractivity contribution in [2.75, 3.05) is 7.11 Å². The predicted octanol–water partition coefficient (Wildman–Crippen LogP) is 2.68. The van der Waals surface area contributed by atoms with E-state index in [-0.39, 0.29) is 0 Å². The number of carbonyl (C=O) groups is 1. The summed E-state index contributed by atoms with van der Waals surface area (Å²) in [4.78, 5) is 11.5. The molecule has 0 aliphatic heterocycles. The molecule has 0 heterocycles. The molecule has 0 saturated carbocycles. The Hall–Kier alpha value is -2.49. The van der Waals surface area contributed by atoms with E-state index in [0.717, 1.165) is 11.1 Å². The van der Waals surface area contributed by atoms with Gasteiger partial charge in [0.2, 0.25) is 0 Å². The van der Waals surface area contributed by atoms with Crippen molar-refractivity contribution >= 4 is 5.91 Å². The number of nitrogens with two attached hydrogens (primary N) is 1. The summed E-state index contributed by atoms with van der Waals surface area (Å²) >= 11 is 0. The number of carbonyl (C=O) groups excluding carboxylic acids is 1. The van der Waals surface area contributed by atoms with Gasteiger partial charge in [0.25, 0.3) is 5.91 Å². The van der Waals surface area contributed by atoms with Gasteiger partial charge in [-0.3, -0.25) is 4.79 Å². The molecule has 0 aromatic heterocycles. The van der Waals surface area contributed by atoms with Crippen LogP contribution < -0.4 is 15.2 Å². The summed E-state index contributed by atoms with van der Waals surface area (Å²) in [7, 11) is 1.53. The first kappa shape index (κ1) is 13.9. The third-order valence-electron chi connectivity index (χ3n) is 3.10. The number of hydrogen-bond donors (Lipinski definition) is 1. The normalized spacial score (nSPS) is 10.1. The smallest absolute Gasteiger partial charge is 0.252 e. The van der Waals surface area contributed by atoms with Gasteiger partial charge in [-0.2, -0.15) is 0 Å². The summed E-state index contributed by atoms with van der Waals surface area (Å²) in [6.45, 7) is 2.36. The van der Waals surface area contributed by atoms with Crippen LogP contribution in [0.15, 0.2) is 42.5 Å². The summed E-state index contributed by atoms with van der Waals surface area (Å²) in [5.41, 5.74) is 7.86. The van der Waals surface area contributed by atoms with E-state index in [1.807, 2.05) is 31.2 Å². The van der Waals surface area contributed by atoms with Crippen molar-refractivity contribution in [3.8, 4) is 11.5 Å². The fourth-order valence-corrected chi connectivity index (χ4v) is 1.94. The Morgan fingerprint density at radius 2 is 1.90 bits per heavy atom. The first-order valence-corrected chi connectivity index (χ1v) is 6.27. The number of amides is 1. The molecule has 4 nitrogen and oxygen atoms in total. The highest BCUT2D eigenvalue weighted by Gasteiger charge is 2.15. The molecule has 20 heavy (non-hydrogen) atoms. The Kier molecular flexibility index (Phi) is 4.25. The lowest BCUT2D eigenvalue weighted by molar-refractivity contribution is 0.0995. The number of para-hydroxylation sites is 1. The van der Waals surface area contributed by atoms with Crippen LogP contribution in [0.1, 0.15) is 21.5 Å². The third kappa shape index (κ3) is 2.91. The first-order valence-electron chi connectivity index (χ1n) is 6.27. The molecule has 1 amide bonds. The molecule has 0 spiro atoms. The molecule has 0 aliphatic carbocycles. The lowest BCUT2D eigenvalue weighted by atomic mass is 10.1. The molecule has 0 aliphatic rings. The number of aryl methyl sites for hydroxylation is 1. The lowest BCUT2D eigenvalue weighted by Crippen LogP contribution is -2.13. The van der Waals surface area contributed by atoms with Gasteiger partial charge in [-0.25, -0.2) is 0 Å². The minimum Gasteiger partial charge on any atom is -0.493 e. The maximum Gasteiger partial charge on any atom is 0.252 e. The van der Waals surface area contributed by atoms with Crippen molar-refractivity contribution in [2.45, 2.75) is 13.5 Å². The van der Waals surface area contributed by atoms with Crippen LogP contribution >= 0.6 is 0 Å². The Morgan fingerprint density at radius 1 is 1.15 bits per heavy atom. The van der Waals surface area contributed by atoms with E-state index in [9.17, 15) is 4.79 Å². The molecule has 4 heteroatoms. The maximum absolute atomic E-state index is 11.5. The highest BCUT2D eigenvalue weighted by Crippen LogP contribution is 2.31. The molecule has 2 rings (SSSR count). The number of primary amides is 1. The van der Waals surface area contributed by atoms with E-state index in [1.165, 1.54) is 7.11 Å². The monoisotopic (exact) mass is 271 g/mol. The number of benzene rings is 2. The first-order chi connectivity index (χ1) is 9.63. The van der Waals surface area contributed by atoms with Crippen molar-refractivity contribution in [1.29, 1.82) is 0 Å². The van der Waals surface area contributed by atoms with Crippen LogP contribution in [0.2, 0.25) is 0 Å². The van der Waals surface area contributed by atoms with Crippen LogP contribution in [-0.2, 0) is 6.61 Å². The van der Waals surface area contributed by atoms with Gasteiger partial charge in [-0.05, 0) is 30.2 Å². The second kappa shape index (κ2) is 6.10. The minimum atomic E-state index is -0.538. The van der Waals surface area contributed by atoms with Gasteiger partial charge < -0.3 is 15.2 Å². The fourth-order valence-electron chi connectivity index (χ4n) is 1.94. The maximum atomic E-state index is 11.5. The van der Waals surface area contributed by atoms with Gasteiger partial charge >= 0.3 is 0 Å². The van der Waals surface area contributed by atoms with E-state index in [1.54, 1.807) is 18.2 Å². The summed E-state index contributed by atoms with van der Waals surface area (Å²) < 4.78 is 11.0. The fraction of sp³-hybridized carbons (Fsp3) is 0.188. The molecule has 0 fully saturated rings. The standard InChI is InChI=1S/C16H17NO3/c1-11-6-3-4-7-12(11)10-20-15-13(16(17)18)8-5-9-14(15)19-2/h3-9H,10H2,1-2H3,(H2,17,18). The summed E-state index contributed by atoms with van der Waals surface area (Å²) in [5, 5.41) is 0. The molecule has 0 bridgehead atoms. The largest absolute Gasteiger partial charge is 0.493 e. The molecule has 0 atom stereocenters. The van der Waals surface area contributed by atoms with Crippen molar-refractivity contribution in [1.82, 2.24) is 0 Å². The molecule has 2 aromatic carbocycles. The Labute approximate surface area is 118 Å². The topological polar surface area (TPSA) is 61.5 Å². The molecule has 2 N–H and O–H groups in total. The molecule has 0 saturated heterocycles. The number of methoxy groups -OCH3 is 1. The summed E-state index contributed by atoms with van der Waals surface area (Å²) in [5.74, 6) is 0.337. The van der Waals surface area contributed by atoms with E-state index in [2.05, 4.69) is 0 Å². The van der Waals surface area contributed by atoms with Gasteiger partial charge in [0.15, 0.2) is 11.5 Å². The van der Waals surface area contributed by atoms with E-state index in [4.69, 9.17) is 15.2 Å². The number of ether oxygens (including phenoxy) is 2. The van der Waals surface area contributed by atoms with Crippen molar-refractivity contribution in [3.63, 3.8) is 0 Å². The molecular weight excluding hydrogens is 254 g/mol. The summed E-state index contributed by atoms with van der Waals surface area (Å²) in [6.07, 6.45) is 0. The summed E-state index contributed by atoms with van der Waals surface area (Å²) in [6, 6.07) is 13.0. The lowest BCUT2D eigenvalue weighted by Gasteiger charge is -2.14. The van der Waals surface area contributed by atoms with Crippen molar-refractivity contribution < 1.29 is 14.3 Å². The SMILES string of the molecule is COc1cccc(C(N)=O)c1OCc1ccccc1C. The number of rotatable bonds is 5. The van der Waals surface area contributed by atoms with Crippen LogP contribution in [0.5, 0.6) is 11.5 Å². The quantitative estimate of drug-likeness (QED) is 0.909. The van der Waals surface area contributed by atoms with Crippen LogP contribution in [0.4, 0.5) is 0 Å². The third-order valence-corrected chi connectivity index (χ3v) is 3.10. The Morgan fingerprint density at radius 3 is 2.55 bits per heavy atom. The Balaban J connectivity index is 2.29. The molecule has 0 radical (unpaired) electrons.